The standard InChI is InChI=1S/C14H10Br2N2O/c1-19-14-5-3-11(16)7-13(14)18-12-4-2-10(15)6-9(12)8-17/h2-7,18H,1H3. The molecule has 0 heterocycles. The molecule has 5 heteroatoms. The van der Waals surface area contributed by atoms with E-state index in [2.05, 4.69) is 43.2 Å². The van der Waals surface area contributed by atoms with Gasteiger partial charge in [0.1, 0.15) is 11.8 Å². The van der Waals surface area contributed by atoms with E-state index in [-0.39, 0.29) is 0 Å². The molecule has 2 rings (SSSR count). The van der Waals surface area contributed by atoms with Gasteiger partial charge in [0, 0.05) is 8.95 Å². The normalized spacial score (nSPS) is 9.79. The highest BCUT2D eigenvalue weighted by Gasteiger charge is 2.07. The van der Waals surface area contributed by atoms with E-state index in [1.807, 2.05) is 30.3 Å². The topological polar surface area (TPSA) is 45.0 Å². The summed E-state index contributed by atoms with van der Waals surface area (Å²) in [5.74, 6) is 0.718. The third kappa shape index (κ3) is 3.28. The zero-order valence-electron chi connectivity index (χ0n) is 10.1. The van der Waals surface area contributed by atoms with Crippen LogP contribution in [0.2, 0.25) is 0 Å². The Bertz CT molecular complexity index is 650. The molecule has 19 heavy (non-hydrogen) atoms. The molecule has 1 N–H and O–H groups in total. The average Bonchev–Trinajstić information content (AvgIpc) is 2.41. The SMILES string of the molecule is COc1ccc(Br)cc1Nc1ccc(Br)cc1C#N. The average molecular weight is 382 g/mol. The molecular weight excluding hydrogens is 372 g/mol. The third-order valence-corrected chi connectivity index (χ3v) is 3.52. The summed E-state index contributed by atoms with van der Waals surface area (Å²) in [5.41, 5.74) is 2.11. The van der Waals surface area contributed by atoms with Gasteiger partial charge in [-0.15, -0.1) is 0 Å². The smallest absolute Gasteiger partial charge is 0.142 e. The van der Waals surface area contributed by atoms with E-state index in [9.17, 15) is 0 Å². The van der Waals surface area contributed by atoms with E-state index in [1.165, 1.54) is 0 Å². The van der Waals surface area contributed by atoms with Crippen molar-refractivity contribution in [3.8, 4) is 11.8 Å². The highest BCUT2D eigenvalue weighted by Crippen LogP contribution is 2.32. The first-order valence-electron chi connectivity index (χ1n) is 5.44. The molecule has 0 spiro atoms. The first-order chi connectivity index (χ1) is 9.13. The number of ether oxygens (including phenoxy) is 1. The van der Waals surface area contributed by atoms with E-state index in [1.54, 1.807) is 13.2 Å². The van der Waals surface area contributed by atoms with Crippen LogP contribution in [0.5, 0.6) is 5.75 Å². The number of nitrogens with zero attached hydrogens (tertiary/aromatic N) is 1. The van der Waals surface area contributed by atoms with Crippen molar-refractivity contribution in [2.45, 2.75) is 0 Å². The number of anilines is 2. The summed E-state index contributed by atoms with van der Waals surface area (Å²) < 4.78 is 7.10. The lowest BCUT2D eigenvalue weighted by Gasteiger charge is -2.12. The lowest BCUT2D eigenvalue weighted by atomic mass is 10.2. The Morgan fingerprint density at radius 3 is 2.42 bits per heavy atom. The van der Waals surface area contributed by atoms with Gasteiger partial charge in [-0.1, -0.05) is 31.9 Å². The van der Waals surface area contributed by atoms with Gasteiger partial charge in [-0.05, 0) is 36.4 Å². The summed E-state index contributed by atoms with van der Waals surface area (Å²) in [6.45, 7) is 0. The molecule has 0 aromatic heterocycles. The molecule has 0 aliphatic carbocycles. The fourth-order valence-corrected chi connectivity index (χ4v) is 2.36. The Kier molecular flexibility index (Phi) is 4.46. The molecule has 0 aliphatic rings. The Morgan fingerprint density at radius 1 is 1.05 bits per heavy atom. The van der Waals surface area contributed by atoms with Crippen molar-refractivity contribution < 1.29 is 4.74 Å². The fourth-order valence-electron chi connectivity index (χ4n) is 1.64. The van der Waals surface area contributed by atoms with Crippen LogP contribution in [0, 0.1) is 11.3 Å². The number of nitrogens with one attached hydrogen (secondary N) is 1. The van der Waals surface area contributed by atoms with Crippen LogP contribution in [0.4, 0.5) is 11.4 Å². The minimum atomic E-state index is 0.566. The van der Waals surface area contributed by atoms with Gasteiger partial charge in [-0.25, -0.2) is 0 Å². The van der Waals surface area contributed by atoms with Gasteiger partial charge in [0.05, 0.1) is 24.0 Å². The van der Waals surface area contributed by atoms with Crippen LogP contribution in [-0.4, -0.2) is 7.11 Å². The molecular formula is C14H10Br2N2O. The van der Waals surface area contributed by atoms with Crippen molar-refractivity contribution >= 4 is 43.2 Å². The predicted molar refractivity (Wildman–Crippen MR) is 82.8 cm³/mol. The second-order valence-electron chi connectivity index (χ2n) is 3.77. The Labute approximate surface area is 128 Å². The summed E-state index contributed by atoms with van der Waals surface area (Å²) in [7, 11) is 1.61. The van der Waals surface area contributed by atoms with Gasteiger partial charge in [0.2, 0.25) is 0 Å². The van der Waals surface area contributed by atoms with E-state index < -0.39 is 0 Å². The molecule has 0 unspecified atom stereocenters. The zero-order valence-corrected chi connectivity index (χ0v) is 13.2. The number of methoxy groups -OCH3 is 1. The number of nitriles is 1. The van der Waals surface area contributed by atoms with Crippen LogP contribution in [0.25, 0.3) is 0 Å². The number of hydrogen-bond donors (Lipinski definition) is 1. The highest BCUT2D eigenvalue weighted by atomic mass is 79.9. The van der Waals surface area contributed by atoms with Crippen molar-refractivity contribution in [3.05, 3.63) is 50.9 Å². The first-order valence-corrected chi connectivity index (χ1v) is 7.03. The van der Waals surface area contributed by atoms with Gasteiger partial charge < -0.3 is 10.1 Å². The number of halogens is 2. The molecule has 0 radical (unpaired) electrons. The molecule has 0 saturated carbocycles. The quantitative estimate of drug-likeness (QED) is 0.827. The van der Waals surface area contributed by atoms with Crippen LogP contribution in [-0.2, 0) is 0 Å². The summed E-state index contributed by atoms with van der Waals surface area (Å²) in [5, 5.41) is 12.4. The monoisotopic (exact) mass is 380 g/mol. The number of benzene rings is 2. The Balaban J connectivity index is 2.41. The molecule has 0 saturated heterocycles. The second kappa shape index (κ2) is 6.09. The van der Waals surface area contributed by atoms with Crippen molar-refractivity contribution in [3.63, 3.8) is 0 Å². The minimum Gasteiger partial charge on any atom is -0.495 e. The van der Waals surface area contributed by atoms with Crippen LogP contribution < -0.4 is 10.1 Å². The molecule has 3 nitrogen and oxygen atoms in total. The highest BCUT2D eigenvalue weighted by molar-refractivity contribution is 9.10. The first kappa shape index (κ1) is 13.9. The zero-order chi connectivity index (χ0) is 13.8. The van der Waals surface area contributed by atoms with E-state index in [0.717, 1.165) is 26.1 Å². The van der Waals surface area contributed by atoms with Gasteiger partial charge in [-0.2, -0.15) is 5.26 Å². The van der Waals surface area contributed by atoms with Gasteiger partial charge in [0.25, 0.3) is 0 Å². The van der Waals surface area contributed by atoms with Crippen molar-refractivity contribution in [2.24, 2.45) is 0 Å². The van der Waals surface area contributed by atoms with Crippen LogP contribution in [0.15, 0.2) is 45.3 Å². The molecule has 2 aromatic carbocycles. The molecule has 2 aromatic rings. The predicted octanol–water partition coefficient (Wildman–Crippen LogP) is 4.84. The second-order valence-corrected chi connectivity index (χ2v) is 5.60. The maximum absolute atomic E-state index is 9.15. The molecule has 96 valence electrons. The Hall–Kier alpha value is -1.51. The largest absolute Gasteiger partial charge is 0.495 e. The summed E-state index contributed by atoms with van der Waals surface area (Å²) in [6, 6.07) is 13.3. The third-order valence-electron chi connectivity index (χ3n) is 2.53. The maximum atomic E-state index is 9.15. The van der Waals surface area contributed by atoms with Gasteiger partial charge in [0.15, 0.2) is 0 Å². The van der Waals surface area contributed by atoms with Gasteiger partial charge >= 0.3 is 0 Å². The number of rotatable bonds is 3. The van der Waals surface area contributed by atoms with Crippen LogP contribution >= 0.6 is 31.9 Å². The van der Waals surface area contributed by atoms with E-state index in [4.69, 9.17) is 10.00 Å². The van der Waals surface area contributed by atoms with Crippen LogP contribution in [0.1, 0.15) is 5.56 Å². The molecule has 0 aliphatic heterocycles. The minimum absolute atomic E-state index is 0.566. The lowest BCUT2D eigenvalue weighted by Crippen LogP contribution is -1.96. The number of hydrogen-bond acceptors (Lipinski definition) is 3. The van der Waals surface area contributed by atoms with E-state index in [0.29, 0.717) is 5.56 Å². The van der Waals surface area contributed by atoms with Crippen molar-refractivity contribution in [2.75, 3.05) is 12.4 Å². The van der Waals surface area contributed by atoms with Crippen LogP contribution in [0.3, 0.4) is 0 Å². The molecule has 0 atom stereocenters. The van der Waals surface area contributed by atoms with Crippen molar-refractivity contribution in [1.29, 1.82) is 5.26 Å². The Morgan fingerprint density at radius 2 is 1.74 bits per heavy atom. The van der Waals surface area contributed by atoms with E-state index >= 15 is 0 Å². The summed E-state index contributed by atoms with van der Waals surface area (Å²) in [4.78, 5) is 0. The maximum Gasteiger partial charge on any atom is 0.142 e. The molecule has 0 fully saturated rings. The van der Waals surface area contributed by atoms with Crippen molar-refractivity contribution in [1.82, 2.24) is 0 Å². The lowest BCUT2D eigenvalue weighted by molar-refractivity contribution is 0.417. The molecule has 0 amide bonds. The van der Waals surface area contributed by atoms with Gasteiger partial charge in [-0.3, -0.25) is 0 Å². The fraction of sp³-hybridized carbons (Fsp3) is 0.0714. The summed E-state index contributed by atoms with van der Waals surface area (Å²) in [6.07, 6.45) is 0. The molecule has 0 bridgehead atoms. The summed E-state index contributed by atoms with van der Waals surface area (Å²) >= 11 is 6.77.